The van der Waals surface area contributed by atoms with Gasteiger partial charge in [-0.3, -0.25) is 4.79 Å². The van der Waals surface area contributed by atoms with Gasteiger partial charge in [0, 0.05) is 17.6 Å². The van der Waals surface area contributed by atoms with E-state index in [1.165, 1.54) is 10.8 Å². The van der Waals surface area contributed by atoms with Gasteiger partial charge in [0.05, 0.1) is 7.11 Å². The lowest BCUT2D eigenvalue weighted by Crippen LogP contribution is -1.99. The first-order valence-electron chi connectivity index (χ1n) is 10.3. The molecule has 0 unspecified atom stereocenters. The van der Waals surface area contributed by atoms with E-state index in [0.29, 0.717) is 24.5 Å². The molecule has 0 saturated heterocycles. The SMILES string of the molecule is COc1cc(/C=C2\Cc3ccccc3C2=O)ccc1OCc1cccc2ccccc12. The number of rotatable bonds is 5. The van der Waals surface area contributed by atoms with E-state index < -0.39 is 0 Å². The van der Waals surface area contributed by atoms with Crippen molar-refractivity contribution in [3.05, 3.63) is 113 Å². The van der Waals surface area contributed by atoms with E-state index in [0.717, 1.165) is 27.8 Å². The van der Waals surface area contributed by atoms with Crippen LogP contribution in [0.15, 0.2) is 90.5 Å². The maximum Gasteiger partial charge on any atom is 0.189 e. The molecule has 0 heterocycles. The Labute approximate surface area is 181 Å². The third-order valence-electron chi connectivity index (χ3n) is 5.73. The van der Waals surface area contributed by atoms with Crippen LogP contribution < -0.4 is 9.47 Å². The summed E-state index contributed by atoms with van der Waals surface area (Å²) in [5.74, 6) is 1.43. The zero-order valence-corrected chi connectivity index (χ0v) is 17.3. The summed E-state index contributed by atoms with van der Waals surface area (Å²) >= 11 is 0. The minimum atomic E-state index is 0.103. The van der Waals surface area contributed by atoms with Crippen LogP contribution in [0.1, 0.15) is 27.0 Å². The highest BCUT2D eigenvalue weighted by Crippen LogP contribution is 2.32. The van der Waals surface area contributed by atoms with Gasteiger partial charge in [0.1, 0.15) is 6.61 Å². The van der Waals surface area contributed by atoms with E-state index in [4.69, 9.17) is 9.47 Å². The summed E-state index contributed by atoms with van der Waals surface area (Å²) in [6.45, 7) is 0.450. The number of Topliss-reactive ketones (excluding diaryl/α,β-unsaturated/α-hetero) is 1. The van der Waals surface area contributed by atoms with Crippen molar-refractivity contribution in [1.29, 1.82) is 0 Å². The lowest BCUT2D eigenvalue weighted by molar-refractivity contribution is 0.104. The fourth-order valence-corrected chi connectivity index (χ4v) is 4.14. The fraction of sp³-hybridized carbons (Fsp3) is 0.107. The molecule has 3 nitrogen and oxygen atoms in total. The summed E-state index contributed by atoms with van der Waals surface area (Å²) < 4.78 is 11.7. The Hall–Kier alpha value is -3.85. The van der Waals surface area contributed by atoms with Crippen LogP contribution in [0.5, 0.6) is 11.5 Å². The molecule has 0 radical (unpaired) electrons. The molecule has 0 aromatic heterocycles. The third-order valence-corrected chi connectivity index (χ3v) is 5.73. The Kier molecular flexibility index (Phi) is 5.01. The molecule has 0 saturated carbocycles. The van der Waals surface area contributed by atoms with Gasteiger partial charge in [0.2, 0.25) is 0 Å². The standard InChI is InChI=1S/C28H22O3/c1-30-27-16-19(15-23-17-21-8-3-5-12-25(21)28(23)29)13-14-26(27)31-18-22-10-6-9-20-7-2-4-11-24(20)22/h2-16H,17-18H2,1H3/b23-15+. The number of benzene rings is 4. The van der Waals surface area contributed by atoms with E-state index in [1.807, 2.05) is 66.7 Å². The van der Waals surface area contributed by atoms with Gasteiger partial charge in [-0.25, -0.2) is 0 Å². The zero-order valence-electron chi connectivity index (χ0n) is 17.3. The molecule has 0 N–H and O–H groups in total. The summed E-state index contributed by atoms with van der Waals surface area (Å²) in [7, 11) is 1.63. The van der Waals surface area contributed by atoms with E-state index in [1.54, 1.807) is 7.11 Å². The molecule has 4 aromatic rings. The first kappa shape index (κ1) is 19.1. The normalized spacial score (nSPS) is 14.1. The molecule has 3 heteroatoms. The van der Waals surface area contributed by atoms with Crippen molar-refractivity contribution in [2.24, 2.45) is 0 Å². The van der Waals surface area contributed by atoms with Crippen molar-refractivity contribution >= 4 is 22.6 Å². The quantitative estimate of drug-likeness (QED) is 0.368. The predicted octanol–water partition coefficient (Wildman–Crippen LogP) is 6.25. The molecule has 0 spiro atoms. The summed E-state index contributed by atoms with van der Waals surface area (Å²) in [6.07, 6.45) is 2.61. The van der Waals surface area contributed by atoms with Crippen molar-refractivity contribution in [1.82, 2.24) is 0 Å². The number of methoxy groups -OCH3 is 1. The highest BCUT2D eigenvalue weighted by atomic mass is 16.5. The lowest BCUT2D eigenvalue weighted by atomic mass is 10.1. The molecule has 0 atom stereocenters. The second-order valence-corrected chi connectivity index (χ2v) is 7.67. The first-order valence-corrected chi connectivity index (χ1v) is 10.3. The van der Waals surface area contributed by atoms with E-state index in [9.17, 15) is 4.79 Å². The number of fused-ring (bicyclic) bond motifs is 2. The summed E-state index contributed by atoms with van der Waals surface area (Å²) in [5.41, 5.74) is 4.73. The van der Waals surface area contributed by atoms with Crippen LogP contribution in [0.25, 0.3) is 16.8 Å². The second-order valence-electron chi connectivity index (χ2n) is 7.67. The maximum absolute atomic E-state index is 12.7. The smallest absolute Gasteiger partial charge is 0.189 e. The first-order chi connectivity index (χ1) is 15.2. The average molecular weight is 406 g/mol. The minimum Gasteiger partial charge on any atom is -0.493 e. The Morgan fingerprint density at radius 1 is 0.871 bits per heavy atom. The predicted molar refractivity (Wildman–Crippen MR) is 124 cm³/mol. The molecule has 4 aromatic carbocycles. The van der Waals surface area contributed by atoms with Gasteiger partial charge in [-0.15, -0.1) is 0 Å². The van der Waals surface area contributed by atoms with E-state index >= 15 is 0 Å². The van der Waals surface area contributed by atoms with Crippen molar-refractivity contribution in [3.63, 3.8) is 0 Å². The summed E-state index contributed by atoms with van der Waals surface area (Å²) in [6, 6.07) is 28.1. The third kappa shape index (κ3) is 3.71. The molecule has 0 fully saturated rings. The van der Waals surface area contributed by atoms with Crippen LogP contribution in [-0.2, 0) is 13.0 Å². The number of ketones is 1. The molecule has 5 rings (SSSR count). The van der Waals surface area contributed by atoms with Crippen LogP contribution in [0.2, 0.25) is 0 Å². The van der Waals surface area contributed by atoms with Crippen LogP contribution in [0.4, 0.5) is 0 Å². The highest BCUT2D eigenvalue weighted by Gasteiger charge is 2.24. The van der Waals surface area contributed by atoms with Gasteiger partial charge in [-0.2, -0.15) is 0 Å². The monoisotopic (exact) mass is 406 g/mol. The Bertz CT molecular complexity index is 1310. The molecular formula is C28H22O3. The van der Waals surface area contributed by atoms with Gasteiger partial charge in [-0.05, 0) is 45.7 Å². The van der Waals surface area contributed by atoms with Gasteiger partial charge in [-0.1, -0.05) is 72.8 Å². The number of ether oxygens (including phenoxy) is 2. The van der Waals surface area contributed by atoms with Crippen molar-refractivity contribution in [2.75, 3.05) is 7.11 Å². The summed E-state index contributed by atoms with van der Waals surface area (Å²) in [4.78, 5) is 12.7. The van der Waals surface area contributed by atoms with Crippen molar-refractivity contribution in [3.8, 4) is 11.5 Å². The molecule has 152 valence electrons. The van der Waals surface area contributed by atoms with Crippen LogP contribution in [0.3, 0.4) is 0 Å². The molecule has 0 aliphatic heterocycles. The Balaban J connectivity index is 1.38. The van der Waals surface area contributed by atoms with Crippen LogP contribution in [0, 0.1) is 0 Å². The van der Waals surface area contributed by atoms with Crippen molar-refractivity contribution in [2.45, 2.75) is 13.0 Å². The van der Waals surface area contributed by atoms with Crippen molar-refractivity contribution < 1.29 is 14.3 Å². The van der Waals surface area contributed by atoms with Gasteiger partial charge in [0.15, 0.2) is 17.3 Å². The number of carbonyl (C=O) groups is 1. The molecule has 0 bridgehead atoms. The number of hydrogen-bond donors (Lipinski definition) is 0. The molecule has 1 aliphatic carbocycles. The van der Waals surface area contributed by atoms with E-state index in [-0.39, 0.29) is 5.78 Å². The number of allylic oxidation sites excluding steroid dienone is 1. The Morgan fingerprint density at radius 2 is 1.68 bits per heavy atom. The van der Waals surface area contributed by atoms with Crippen LogP contribution >= 0.6 is 0 Å². The van der Waals surface area contributed by atoms with Crippen LogP contribution in [-0.4, -0.2) is 12.9 Å². The van der Waals surface area contributed by atoms with Gasteiger partial charge < -0.3 is 9.47 Å². The molecule has 31 heavy (non-hydrogen) atoms. The zero-order chi connectivity index (χ0) is 21.2. The van der Waals surface area contributed by atoms with Gasteiger partial charge >= 0.3 is 0 Å². The maximum atomic E-state index is 12.7. The number of carbonyl (C=O) groups excluding carboxylic acids is 1. The number of hydrogen-bond acceptors (Lipinski definition) is 3. The fourth-order valence-electron chi connectivity index (χ4n) is 4.14. The minimum absolute atomic E-state index is 0.103. The highest BCUT2D eigenvalue weighted by molar-refractivity contribution is 6.15. The van der Waals surface area contributed by atoms with Gasteiger partial charge in [0.25, 0.3) is 0 Å². The second kappa shape index (κ2) is 8.11. The summed E-state index contributed by atoms with van der Waals surface area (Å²) in [5, 5.41) is 2.38. The molecular weight excluding hydrogens is 384 g/mol. The molecule has 1 aliphatic rings. The van der Waals surface area contributed by atoms with E-state index in [2.05, 4.69) is 24.3 Å². The average Bonchev–Trinajstić information content (AvgIpc) is 3.13. The topological polar surface area (TPSA) is 35.5 Å². The lowest BCUT2D eigenvalue weighted by Gasteiger charge is -2.13. The largest absolute Gasteiger partial charge is 0.493 e. The molecule has 0 amide bonds. The Morgan fingerprint density at radius 3 is 2.55 bits per heavy atom.